The Bertz CT molecular complexity index is 1100. The lowest BCUT2D eigenvalue weighted by Gasteiger charge is -2.18. The summed E-state index contributed by atoms with van der Waals surface area (Å²) in [4.78, 5) is 13.0. The molecule has 0 spiro atoms. The van der Waals surface area contributed by atoms with Crippen molar-refractivity contribution in [3.05, 3.63) is 59.2 Å². The Morgan fingerprint density at radius 3 is 2.79 bits per heavy atom. The van der Waals surface area contributed by atoms with Crippen molar-refractivity contribution in [3.8, 4) is 28.8 Å². The highest BCUT2D eigenvalue weighted by Gasteiger charge is 2.21. The summed E-state index contributed by atoms with van der Waals surface area (Å²) in [5.74, 6) is 0.926. The fraction of sp³-hybridized carbons (Fsp3) is 0.190. The third-order valence-electron chi connectivity index (χ3n) is 4.40. The molecule has 0 radical (unpaired) electrons. The van der Waals surface area contributed by atoms with E-state index in [1.807, 2.05) is 6.07 Å². The molecule has 0 saturated carbocycles. The Morgan fingerprint density at radius 2 is 2.00 bits per heavy atom. The first-order valence-corrected chi connectivity index (χ1v) is 9.44. The number of hydrogen-bond donors (Lipinski definition) is 1. The SMILES string of the molecule is N#CCCn1cc(C(=O)Nc2ccccc2Cl)c(-c2ccc3c(c2)OCCO3)n1. The van der Waals surface area contributed by atoms with Crippen molar-refractivity contribution in [2.75, 3.05) is 18.5 Å². The largest absolute Gasteiger partial charge is 0.486 e. The van der Waals surface area contributed by atoms with Crippen LogP contribution in [0.15, 0.2) is 48.7 Å². The van der Waals surface area contributed by atoms with E-state index in [2.05, 4.69) is 16.5 Å². The van der Waals surface area contributed by atoms with Gasteiger partial charge < -0.3 is 14.8 Å². The Balaban J connectivity index is 1.71. The molecular weight excluding hydrogens is 392 g/mol. The molecule has 0 aliphatic carbocycles. The van der Waals surface area contributed by atoms with Gasteiger partial charge in [-0.2, -0.15) is 10.4 Å². The number of nitriles is 1. The average Bonchev–Trinajstić information content (AvgIpc) is 3.18. The maximum atomic E-state index is 13.0. The molecule has 7 nitrogen and oxygen atoms in total. The molecule has 1 amide bonds. The van der Waals surface area contributed by atoms with Crippen molar-refractivity contribution in [2.24, 2.45) is 0 Å². The smallest absolute Gasteiger partial charge is 0.259 e. The predicted octanol–water partition coefficient (Wildman–Crippen LogP) is 4.14. The van der Waals surface area contributed by atoms with Gasteiger partial charge in [-0.25, -0.2) is 0 Å². The van der Waals surface area contributed by atoms with Gasteiger partial charge in [0.25, 0.3) is 5.91 Å². The summed E-state index contributed by atoms with van der Waals surface area (Å²) in [6.45, 7) is 1.35. The molecule has 0 fully saturated rings. The molecule has 8 heteroatoms. The summed E-state index contributed by atoms with van der Waals surface area (Å²) >= 11 is 6.16. The lowest BCUT2D eigenvalue weighted by molar-refractivity contribution is 0.102. The molecule has 29 heavy (non-hydrogen) atoms. The number of fused-ring (bicyclic) bond motifs is 1. The molecule has 0 saturated heterocycles. The summed E-state index contributed by atoms with van der Waals surface area (Å²) in [6.07, 6.45) is 1.92. The first-order valence-electron chi connectivity index (χ1n) is 9.06. The fourth-order valence-corrected chi connectivity index (χ4v) is 3.21. The Kier molecular flexibility index (Phi) is 5.36. The highest BCUT2D eigenvalue weighted by molar-refractivity contribution is 6.34. The predicted molar refractivity (Wildman–Crippen MR) is 108 cm³/mol. The molecule has 0 unspecified atom stereocenters. The number of carbonyl (C=O) groups is 1. The third-order valence-corrected chi connectivity index (χ3v) is 4.73. The number of carbonyl (C=O) groups excluding carboxylic acids is 1. The van der Waals surface area contributed by atoms with Gasteiger partial charge in [0.15, 0.2) is 11.5 Å². The number of halogens is 1. The van der Waals surface area contributed by atoms with E-state index in [0.29, 0.717) is 58.8 Å². The van der Waals surface area contributed by atoms with E-state index < -0.39 is 0 Å². The van der Waals surface area contributed by atoms with Crippen LogP contribution in [0.3, 0.4) is 0 Å². The molecule has 1 aromatic heterocycles. The van der Waals surface area contributed by atoms with Crippen molar-refractivity contribution >= 4 is 23.2 Å². The summed E-state index contributed by atoms with van der Waals surface area (Å²) in [5.41, 5.74) is 2.09. The van der Waals surface area contributed by atoms with Gasteiger partial charge in [0.05, 0.1) is 35.3 Å². The maximum Gasteiger partial charge on any atom is 0.259 e. The van der Waals surface area contributed by atoms with Gasteiger partial charge in [0.1, 0.15) is 18.9 Å². The molecule has 146 valence electrons. The number of benzene rings is 2. The zero-order chi connectivity index (χ0) is 20.2. The van der Waals surface area contributed by atoms with Crippen LogP contribution in [0, 0.1) is 11.3 Å². The van der Waals surface area contributed by atoms with Crippen molar-refractivity contribution in [1.82, 2.24) is 9.78 Å². The van der Waals surface area contributed by atoms with Gasteiger partial charge in [0.2, 0.25) is 0 Å². The molecular formula is C21H17ClN4O3. The van der Waals surface area contributed by atoms with Gasteiger partial charge in [-0.15, -0.1) is 0 Å². The Hall–Kier alpha value is -3.50. The van der Waals surface area contributed by atoms with Gasteiger partial charge in [0, 0.05) is 11.8 Å². The Morgan fingerprint density at radius 1 is 1.21 bits per heavy atom. The highest BCUT2D eigenvalue weighted by atomic mass is 35.5. The van der Waals surface area contributed by atoms with E-state index in [1.165, 1.54) is 0 Å². The van der Waals surface area contributed by atoms with Gasteiger partial charge in [-0.05, 0) is 30.3 Å². The molecule has 4 rings (SSSR count). The minimum absolute atomic E-state index is 0.286. The molecule has 2 aromatic carbocycles. The second-order valence-electron chi connectivity index (χ2n) is 6.35. The molecule has 1 aliphatic rings. The molecule has 0 atom stereocenters. The normalized spacial score (nSPS) is 12.3. The van der Waals surface area contributed by atoms with Crippen LogP contribution in [0.25, 0.3) is 11.3 Å². The number of ether oxygens (including phenoxy) is 2. The lowest BCUT2D eigenvalue weighted by atomic mass is 10.1. The van der Waals surface area contributed by atoms with E-state index >= 15 is 0 Å². The van der Waals surface area contributed by atoms with E-state index in [0.717, 1.165) is 0 Å². The van der Waals surface area contributed by atoms with Crippen LogP contribution >= 0.6 is 11.6 Å². The number of amides is 1. The number of hydrogen-bond acceptors (Lipinski definition) is 5. The number of nitrogens with one attached hydrogen (secondary N) is 1. The molecule has 0 bridgehead atoms. The minimum Gasteiger partial charge on any atom is -0.486 e. The molecule has 1 N–H and O–H groups in total. The van der Waals surface area contributed by atoms with Crippen LogP contribution in [0.5, 0.6) is 11.5 Å². The number of rotatable bonds is 5. The molecule has 1 aliphatic heterocycles. The zero-order valence-electron chi connectivity index (χ0n) is 15.4. The summed E-state index contributed by atoms with van der Waals surface area (Å²) in [7, 11) is 0. The van der Waals surface area contributed by atoms with Crippen LogP contribution in [0.4, 0.5) is 5.69 Å². The first kappa shape index (κ1) is 18.8. The Labute approximate surface area is 172 Å². The van der Waals surface area contributed by atoms with E-state index in [1.54, 1.807) is 47.3 Å². The van der Waals surface area contributed by atoms with Crippen molar-refractivity contribution < 1.29 is 14.3 Å². The van der Waals surface area contributed by atoms with E-state index in [-0.39, 0.29) is 12.3 Å². The van der Waals surface area contributed by atoms with Crippen LogP contribution in [0.2, 0.25) is 5.02 Å². The van der Waals surface area contributed by atoms with Crippen molar-refractivity contribution in [3.63, 3.8) is 0 Å². The van der Waals surface area contributed by atoms with Gasteiger partial charge >= 0.3 is 0 Å². The van der Waals surface area contributed by atoms with Crippen molar-refractivity contribution in [2.45, 2.75) is 13.0 Å². The van der Waals surface area contributed by atoms with Crippen LogP contribution in [-0.2, 0) is 6.54 Å². The van der Waals surface area contributed by atoms with Gasteiger partial charge in [-0.1, -0.05) is 23.7 Å². The number of nitrogens with zero attached hydrogens (tertiary/aromatic N) is 3. The second-order valence-corrected chi connectivity index (χ2v) is 6.76. The molecule has 3 aromatic rings. The standard InChI is InChI=1S/C21H17ClN4O3/c22-16-4-1-2-5-17(16)24-21(27)15-13-26(9-3-8-23)25-20(15)14-6-7-18-19(12-14)29-11-10-28-18/h1-2,4-7,12-13H,3,9-11H2,(H,24,27). The quantitative estimate of drug-likeness (QED) is 0.685. The van der Waals surface area contributed by atoms with Crippen molar-refractivity contribution in [1.29, 1.82) is 5.26 Å². The third kappa shape index (κ3) is 4.03. The minimum atomic E-state index is -0.341. The summed E-state index contributed by atoms with van der Waals surface area (Å²) in [5, 5.41) is 16.7. The zero-order valence-corrected chi connectivity index (χ0v) is 16.1. The second kappa shape index (κ2) is 8.25. The number of para-hydroxylation sites is 1. The monoisotopic (exact) mass is 408 g/mol. The van der Waals surface area contributed by atoms with E-state index in [4.69, 9.17) is 26.3 Å². The van der Waals surface area contributed by atoms with Crippen LogP contribution < -0.4 is 14.8 Å². The number of anilines is 1. The number of aryl methyl sites for hydroxylation is 1. The maximum absolute atomic E-state index is 13.0. The first-order chi connectivity index (χ1) is 14.2. The van der Waals surface area contributed by atoms with Crippen LogP contribution in [-0.4, -0.2) is 28.9 Å². The highest BCUT2D eigenvalue weighted by Crippen LogP contribution is 2.35. The fourth-order valence-electron chi connectivity index (χ4n) is 3.02. The lowest BCUT2D eigenvalue weighted by Crippen LogP contribution is -2.15. The molecule has 2 heterocycles. The summed E-state index contributed by atoms with van der Waals surface area (Å²) < 4.78 is 12.8. The van der Waals surface area contributed by atoms with Crippen LogP contribution in [0.1, 0.15) is 16.8 Å². The van der Waals surface area contributed by atoms with Gasteiger partial charge in [-0.3, -0.25) is 9.48 Å². The number of aromatic nitrogens is 2. The summed E-state index contributed by atoms with van der Waals surface area (Å²) in [6, 6.07) is 14.5. The van der Waals surface area contributed by atoms with E-state index in [9.17, 15) is 4.79 Å². The topological polar surface area (TPSA) is 89.2 Å². The average molecular weight is 409 g/mol.